The van der Waals surface area contributed by atoms with Gasteiger partial charge < -0.3 is 15.0 Å². The largest absolute Gasteiger partial charge is 0.496 e. The van der Waals surface area contributed by atoms with Crippen molar-refractivity contribution >= 4 is 5.91 Å². The molecule has 0 saturated carbocycles. The molecule has 0 unspecified atom stereocenters. The van der Waals surface area contributed by atoms with Crippen molar-refractivity contribution in [3.63, 3.8) is 0 Å². The van der Waals surface area contributed by atoms with E-state index in [1.807, 2.05) is 21.0 Å². The molecule has 0 spiro atoms. The third kappa shape index (κ3) is 4.24. The highest BCUT2D eigenvalue weighted by Gasteiger charge is 2.13. The molecule has 106 valence electrons. The van der Waals surface area contributed by atoms with Gasteiger partial charge in [-0.15, -0.1) is 0 Å². The highest BCUT2D eigenvalue weighted by atomic mass is 16.5. The van der Waals surface area contributed by atoms with Gasteiger partial charge in [-0.25, -0.2) is 0 Å². The van der Waals surface area contributed by atoms with Crippen molar-refractivity contribution in [1.82, 2.24) is 10.2 Å². The summed E-state index contributed by atoms with van der Waals surface area (Å²) < 4.78 is 5.44. The average molecular weight is 264 g/mol. The van der Waals surface area contributed by atoms with Crippen LogP contribution in [0.5, 0.6) is 5.75 Å². The number of nitrogens with one attached hydrogen (secondary N) is 1. The van der Waals surface area contributed by atoms with E-state index < -0.39 is 0 Å². The van der Waals surface area contributed by atoms with Crippen molar-refractivity contribution in [3.8, 4) is 5.75 Å². The number of ether oxygens (including phenoxy) is 1. The van der Waals surface area contributed by atoms with Gasteiger partial charge in [0.1, 0.15) is 5.75 Å². The molecule has 0 aliphatic rings. The van der Waals surface area contributed by atoms with Crippen LogP contribution >= 0.6 is 0 Å². The number of carbonyl (C=O) groups is 1. The predicted octanol–water partition coefficient (Wildman–Crippen LogP) is 1.88. The van der Waals surface area contributed by atoms with Crippen molar-refractivity contribution in [3.05, 3.63) is 28.8 Å². The Kier molecular flexibility index (Phi) is 5.83. The molecule has 0 aliphatic carbocycles. The van der Waals surface area contributed by atoms with Crippen molar-refractivity contribution in [2.75, 3.05) is 27.7 Å². The second-order valence-electron chi connectivity index (χ2n) is 4.88. The van der Waals surface area contributed by atoms with E-state index in [-0.39, 0.29) is 5.91 Å². The lowest BCUT2D eigenvalue weighted by Crippen LogP contribution is -2.29. The van der Waals surface area contributed by atoms with Crippen LogP contribution < -0.4 is 10.1 Å². The Hall–Kier alpha value is -1.55. The van der Waals surface area contributed by atoms with Gasteiger partial charge in [-0.1, -0.05) is 17.7 Å². The molecule has 1 rings (SSSR count). The minimum atomic E-state index is 0.135. The monoisotopic (exact) mass is 264 g/mol. The molecule has 0 aliphatic heterocycles. The Labute approximate surface area is 115 Å². The molecule has 4 heteroatoms. The van der Waals surface area contributed by atoms with Gasteiger partial charge in [0.15, 0.2) is 0 Å². The number of amides is 1. The van der Waals surface area contributed by atoms with Gasteiger partial charge in [-0.2, -0.15) is 0 Å². The molecule has 4 nitrogen and oxygen atoms in total. The van der Waals surface area contributed by atoms with Gasteiger partial charge in [0, 0.05) is 32.1 Å². The summed E-state index contributed by atoms with van der Waals surface area (Å²) >= 11 is 0. The lowest BCUT2D eigenvalue weighted by atomic mass is 10.0. The number of hydrogen-bond donors (Lipinski definition) is 1. The maximum absolute atomic E-state index is 11.9. The van der Waals surface area contributed by atoms with Crippen LogP contribution in [0, 0.1) is 13.8 Å². The molecular weight excluding hydrogens is 240 g/mol. The van der Waals surface area contributed by atoms with E-state index in [9.17, 15) is 4.79 Å². The Bertz CT molecular complexity index is 444. The number of rotatable bonds is 6. The molecule has 1 aromatic carbocycles. The molecule has 0 heterocycles. The van der Waals surface area contributed by atoms with Gasteiger partial charge in [-0.05, 0) is 26.5 Å². The van der Waals surface area contributed by atoms with Crippen molar-refractivity contribution in [1.29, 1.82) is 0 Å². The third-order valence-corrected chi connectivity index (χ3v) is 3.12. The van der Waals surface area contributed by atoms with Gasteiger partial charge in [0.2, 0.25) is 5.91 Å². The van der Waals surface area contributed by atoms with Crippen LogP contribution in [0.3, 0.4) is 0 Å². The molecule has 0 saturated heterocycles. The standard InChI is InChI=1S/C15H24N2O2/c1-11-8-12(2)15(19-5)13(9-11)10-17(4)14(18)6-7-16-3/h8-9,16H,6-7,10H2,1-5H3. The number of benzene rings is 1. The molecule has 0 aromatic heterocycles. The number of hydrogen-bond acceptors (Lipinski definition) is 3. The van der Waals surface area contributed by atoms with Crippen LogP contribution in [0.1, 0.15) is 23.1 Å². The first-order valence-corrected chi connectivity index (χ1v) is 6.52. The van der Waals surface area contributed by atoms with E-state index in [1.54, 1.807) is 12.0 Å². The number of carbonyl (C=O) groups excluding carboxylic acids is 1. The summed E-state index contributed by atoms with van der Waals surface area (Å²) in [5, 5.41) is 2.99. The zero-order valence-electron chi connectivity index (χ0n) is 12.5. The fourth-order valence-electron chi connectivity index (χ4n) is 2.22. The van der Waals surface area contributed by atoms with Gasteiger partial charge in [0.25, 0.3) is 0 Å². The van der Waals surface area contributed by atoms with E-state index in [1.165, 1.54) is 5.56 Å². The van der Waals surface area contributed by atoms with Gasteiger partial charge in [-0.3, -0.25) is 4.79 Å². The quantitative estimate of drug-likeness (QED) is 0.853. The van der Waals surface area contributed by atoms with Crippen LogP contribution in [0.2, 0.25) is 0 Å². The molecule has 0 atom stereocenters. The molecule has 0 bridgehead atoms. The Balaban J connectivity index is 2.83. The molecular formula is C15H24N2O2. The van der Waals surface area contributed by atoms with Crippen molar-refractivity contribution in [2.24, 2.45) is 0 Å². The van der Waals surface area contributed by atoms with E-state index in [0.717, 1.165) is 16.9 Å². The first-order chi connectivity index (χ1) is 8.99. The van der Waals surface area contributed by atoms with Crippen molar-refractivity contribution in [2.45, 2.75) is 26.8 Å². The molecule has 0 fully saturated rings. The first-order valence-electron chi connectivity index (χ1n) is 6.52. The maximum atomic E-state index is 11.9. The number of methoxy groups -OCH3 is 1. The summed E-state index contributed by atoms with van der Waals surface area (Å²) in [6.07, 6.45) is 0.514. The third-order valence-electron chi connectivity index (χ3n) is 3.12. The summed E-state index contributed by atoms with van der Waals surface area (Å²) in [6, 6.07) is 4.17. The lowest BCUT2D eigenvalue weighted by molar-refractivity contribution is -0.130. The predicted molar refractivity (Wildman–Crippen MR) is 77.5 cm³/mol. The summed E-state index contributed by atoms with van der Waals surface area (Å²) in [6.45, 7) is 5.36. The van der Waals surface area contributed by atoms with Crippen LogP contribution in [-0.4, -0.2) is 38.6 Å². The molecule has 0 radical (unpaired) electrons. The normalized spacial score (nSPS) is 10.4. The van der Waals surface area contributed by atoms with Gasteiger partial charge >= 0.3 is 0 Å². The fourth-order valence-corrected chi connectivity index (χ4v) is 2.22. The van der Waals surface area contributed by atoms with E-state index in [0.29, 0.717) is 19.5 Å². The Morgan fingerprint density at radius 1 is 1.37 bits per heavy atom. The SMILES string of the molecule is CNCCC(=O)N(C)Cc1cc(C)cc(C)c1OC. The molecule has 1 aromatic rings. The highest BCUT2D eigenvalue weighted by molar-refractivity contribution is 5.76. The minimum Gasteiger partial charge on any atom is -0.496 e. The van der Waals surface area contributed by atoms with Crippen LogP contribution in [0.25, 0.3) is 0 Å². The van der Waals surface area contributed by atoms with E-state index >= 15 is 0 Å². The van der Waals surface area contributed by atoms with E-state index in [2.05, 4.69) is 24.4 Å². The summed E-state index contributed by atoms with van der Waals surface area (Å²) in [7, 11) is 5.35. The van der Waals surface area contributed by atoms with Crippen LogP contribution in [0.15, 0.2) is 12.1 Å². The fraction of sp³-hybridized carbons (Fsp3) is 0.533. The summed E-state index contributed by atoms with van der Waals surface area (Å²) in [5.41, 5.74) is 3.35. The molecule has 1 N–H and O–H groups in total. The van der Waals surface area contributed by atoms with Crippen molar-refractivity contribution < 1.29 is 9.53 Å². The minimum absolute atomic E-state index is 0.135. The summed E-state index contributed by atoms with van der Waals surface area (Å²) in [5.74, 6) is 1.01. The second kappa shape index (κ2) is 7.14. The smallest absolute Gasteiger partial charge is 0.223 e. The van der Waals surface area contributed by atoms with Crippen LogP contribution in [0.4, 0.5) is 0 Å². The zero-order chi connectivity index (χ0) is 14.4. The Morgan fingerprint density at radius 2 is 2.05 bits per heavy atom. The van der Waals surface area contributed by atoms with E-state index in [4.69, 9.17) is 4.74 Å². The topological polar surface area (TPSA) is 41.6 Å². The second-order valence-corrected chi connectivity index (χ2v) is 4.88. The maximum Gasteiger partial charge on any atom is 0.223 e. The molecule has 1 amide bonds. The van der Waals surface area contributed by atoms with Crippen LogP contribution in [-0.2, 0) is 11.3 Å². The van der Waals surface area contributed by atoms with Gasteiger partial charge in [0.05, 0.1) is 7.11 Å². The highest BCUT2D eigenvalue weighted by Crippen LogP contribution is 2.26. The zero-order valence-corrected chi connectivity index (χ0v) is 12.5. The Morgan fingerprint density at radius 3 is 2.63 bits per heavy atom. The lowest BCUT2D eigenvalue weighted by Gasteiger charge is -2.20. The average Bonchev–Trinajstić information content (AvgIpc) is 2.35. The molecule has 19 heavy (non-hydrogen) atoms. The number of aryl methyl sites for hydroxylation is 2. The number of nitrogens with zero attached hydrogens (tertiary/aromatic N) is 1. The first kappa shape index (κ1) is 15.5. The summed E-state index contributed by atoms with van der Waals surface area (Å²) in [4.78, 5) is 13.7.